The van der Waals surface area contributed by atoms with Crippen LogP contribution in [-0.2, 0) is 11.0 Å². The molecule has 1 aromatic carbocycles. The molecule has 0 aliphatic carbocycles. The largest absolute Gasteiger partial charge is 0.331 e. The standard InChI is InChI=1S/C11H16N2O2S/c1-11(2,3)16(15)13-10(14)12-9-7-5-4-6-8-9/h4-8H,1-3H3,(H2,12,13,14)/t16-/m1/s1. The second kappa shape index (κ2) is 5.12. The van der Waals surface area contributed by atoms with Gasteiger partial charge in [0.1, 0.15) is 11.0 Å². The van der Waals surface area contributed by atoms with Crippen molar-refractivity contribution in [3.63, 3.8) is 0 Å². The summed E-state index contributed by atoms with van der Waals surface area (Å²) >= 11 is 0. The first kappa shape index (κ1) is 12.7. The predicted octanol–water partition coefficient (Wildman–Crippen LogP) is 2.27. The molecule has 0 aromatic heterocycles. The van der Waals surface area contributed by atoms with Crippen LogP contribution in [0.2, 0.25) is 0 Å². The van der Waals surface area contributed by atoms with Crippen LogP contribution in [0.3, 0.4) is 0 Å². The summed E-state index contributed by atoms with van der Waals surface area (Å²) in [5, 5.41) is 2.60. The SMILES string of the molecule is CC(C)(C)[S@@](=O)NC(=O)Nc1ccccc1. The molecule has 0 unspecified atom stereocenters. The van der Waals surface area contributed by atoms with Gasteiger partial charge in [-0.15, -0.1) is 0 Å². The Hall–Kier alpha value is -1.36. The quantitative estimate of drug-likeness (QED) is 0.833. The van der Waals surface area contributed by atoms with Crippen molar-refractivity contribution < 1.29 is 9.00 Å². The van der Waals surface area contributed by atoms with E-state index in [2.05, 4.69) is 10.0 Å². The normalized spacial score (nSPS) is 12.9. The minimum atomic E-state index is -1.40. The fourth-order valence-electron chi connectivity index (χ4n) is 0.915. The molecular formula is C11H16N2O2S. The van der Waals surface area contributed by atoms with Crippen LogP contribution in [0, 0.1) is 0 Å². The van der Waals surface area contributed by atoms with Gasteiger partial charge in [-0.05, 0) is 32.9 Å². The van der Waals surface area contributed by atoms with Gasteiger partial charge in [0, 0.05) is 5.69 Å². The fourth-order valence-corrected chi connectivity index (χ4v) is 1.44. The van der Waals surface area contributed by atoms with Gasteiger partial charge in [0.05, 0.1) is 4.75 Å². The third-order valence-corrected chi connectivity index (χ3v) is 3.26. The number of hydrogen-bond acceptors (Lipinski definition) is 2. The van der Waals surface area contributed by atoms with Gasteiger partial charge < -0.3 is 5.32 Å². The first-order valence-corrected chi connectivity index (χ1v) is 6.09. The van der Waals surface area contributed by atoms with Gasteiger partial charge in [-0.25, -0.2) is 9.00 Å². The van der Waals surface area contributed by atoms with E-state index in [4.69, 9.17) is 0 Å². The van der Waals surface area contributed by atoms with Crippen molar-refractivity contribution in [1.82, 2.24) is 4.72 Å². The molecular weight excluding hydrogens is 224 g/mol. The summed E-state index contributed by atoms with van der Waals surface area (Å²) in [5.74, 6) is 0. The second-order valence-electron chi connectivity index (χ2n) is 4.30. The number of anilines is 1. The summed E-state index contributed by atoms with van der Waals surface area (Å²) in [6, 6.07) is 8.56. The van der Waals surface area contributed by atoms with E-state index in [0.717, 1.165) is 0 Å². The topological polar surface area (TPSA) is 58.2 Å². The van der Waals surface area contributed by atoms with Gasteiger partial charge in [-0.3, -0.25) is 4.72 Å². The molecule has 0 spiro atoms. The van der Waals surface area contributed by atoms with E-state index in [-0.39, 0.29) is 0 Å². The summed E-state index contributed by atoms with van der Waals surface area (Å²) in [4.78, 5) is 11.5. The lowest BCUT2D eigenvalue weighted by Crippen LogP contribution is -2.39. The summed E-state index contributed by atoms with van der Waals surface area (Å²) in [5.41, 5.74) is 0.672. The van der Waals surface area contributed by atoms with E-state index < -0.39 is 21.8 Å². The van der Waals surface area contributed by atoms with Gasteiger partial charge in [0.25, 0.3) is 0 Å². The zero-order valence-corrected chi connectivity index (χ0v) is 10.4. The zero-order valence-electron chi connectivity index (χ0n) is 9.61. The van der Waals surface area contributed by atoms with E-state index in [1.165, 1.54) is 0 Å². The monoisotopic (exact) mass is 240 g/mol. The number of nitrogens with one attached hydrogen (secondary N) is 2. The van der Waals surface area contributed by atoms with Crippen molar-refractivity contribution in [3.05, 3.63) is 30.3 Å². The van der Waals surface area contributed by atoms with Crippen molar-refractivity contribution >= 4 is 22.7 Å². The Morgan fingerprint density at radius 3 is 2.25 bits per heavy atom. The Labute approximate surface area is 98.0 Å². The van der Waals surface area contributed by atoms with E-state index in [1.54, 1.807) is 32.9 Å². The lowest BCUT2D eigenvalue weighted by atomic mass is 10.3. The molecule has 0 radical (unpaired) electrons. The summed E-state index contributed by atoms with van der Waals surface area (Å²) in [6.07, 6.45) is 0. The number of para-hydroxylation sites is 1. The molecule has 1 aromatic rings. The number of urea groups is 1. The van der Waals surface area contributed by atoms with E-state index in [9.17, 15) is 9.00 Å². The first-order chi connectivity index (χ1) is 7.39. The lowest BCUT2D eigenvalue weighted by Gasteiger charge is -2.18. The van der Waals surface area contributed by atoms with Crippen molar-refractivity contribution in [2.45, 2.75) is 25.5 Å². The minimum absolute atomic E-state index is 0.459. The van der Waals surface area contributed by atoms with Crippen LogP contribution >= 0.6 is 0 Å². The molecule has 0 bridgehead atoms. The number of amides is 2. The molecule has 5 heteroatoms. The molecule has 1 atom stereocenters. The number of hydrogen-bond donors (Lipinski definition) is 2. The maximum Gasteiger partial charge on any atom is 0.331 e. The predicted molar refractivity (Wildman–Crippen MR) is 66.5 cm³/mol. The Kier molecular flexibility index (Phi) is 4.06. The summed E-state index contributed by atoms with van der Waals surface area (Å²) in [6.45, 7) is 5.39. The molecule has 4 nitrogen and oxygen atoms in total. The van der Waals surface area contributed by atoms with Crippen molar-refractivity contribution in [1.29, 1.82) is 0 Å². The molecule has 2 amide bonds. The molecule has 0 fully saturated rings. The minimum Gasteiger partial charge on any atom is -0.307 e. The highest BCUT2D eigenvalue weighted by Crippen LogP contribution is 2.09. The van der Waals surface area contributed by atoms with Crippen molar-refractivity contribution in [2.24, 2.45) is 0 Å². The number of carbonyl (C=O) groups excluding carboxylic acids is 1. The first-order valence-electron chi connectivity index (χ1n) is 4.94. The highest BCUT2D eigenvalue weighted by atomic mass is 32.2. The number of carbonyl (C=O) groups is 1. The third kappa shape index (κ3) is 4.02. The van der Waals surface area contributed by atoms with Crippen LogP contribution in [0.5, 0.6) is 0 Å². The van der Waals surface area contributed by atoms with Gasteiger partial charge in [0.2, 0.25) is 0 Å². The highest BCUT2D eigenvalue weighted by molar-refractivity contribution is 7.85. The number of benzene rings is 1. The second-order valence-corrected chi connectivity index (χ2v) is 6.27. The van der Waals surface area contributed by atoms with Gasteiger partial charge in [-0.2, -0.15) is 0 Å². The van der Waals surface area contributed by atoms with Crippen LogP contribution in [-0.4, -0.2) is 15.0 Å². The molecule has 2 N–H and O–H groups in total. The maximum absolute atomic E-state index is 11.6. The van der Waals surface area contributed by atoms with Crippen LogP contribution in [0.1, 0.15) is 20.8 Å². The molecule has 0 heterocycles. The molecule has 0 saturated carbocycles. The van der Waals surface area contributed by atoms with Crippen LogP contribution in [0.25, 0.3) is 0 Å². The fraction of sp³-hybridized carbons (Fsp3) is 0.364. The Bertz CT molecular complexity index is 385. The third-order valence-electron chi connectivity index (χ3n) is 1.77. The Morgan fingerprint density at radius 2 is 1.75 bits per heavy atom. The summed E-state index contributed by atoms with van der Waals surface area (Å²) < 4.78 is 13.5. The van der Waals surface area contributed by atoms with E-state index in [0.29, 0.717) is 5.69 Å². The molecule has 1 rings (SSSR count). The van der Waals surface area contributed by atoms with Crippen LogP contribution in [0.4, 0.5) is 10.5 Å². The molecule has 0 saturated heterocycles. The van der Waals surface area contributed by atoms with E-state index in [1.807, 2.05) is 18.2 Å². The van der Waals surface area contributed by atoms with Crippen LogP contribution < -0.4 is 10.0 Å². The van der Waals surface area contributed by atoms with E-state index >= 15 is 0 Å². The lowest BCUT2D eigenvalue weighted by molar-refractivity contribution is 0.256. The number of rotatable bonds is 2. The Balaban J connectivity index is 2.52. The van der Waals surface area contributed by atoms with Gasteiger partial charge in [-0.1, -0.05) is 18.2 Å². The highest BCUT2D eigenvalue weighted by Gasteiger charge is 2.21. The van der Waals surface area contributed by atoms with Gasteiger partial charge >= 0.3 is 6.03 Å². The average Bonchev–Trinajstić information content (AvgIpc) is 2.17. The molecule has 88 valence electrons. The van der Waals surface area contributed by atoms with Crippen molar-refractivity contribution in [2.75, 3.05) is 5.32 Å². The molecule has 0 aliphatic heterocycles. The van der Waals surface area contributed by atoms with Gasteiger partial charge in [0.15, 0.2) is 0 Å². The smallest absolute Gasteiger partial charge is 0.307 e. The zero-order chi connectivity index (χ0) is 12.2. The average molecular weight is 240 g/mol. The van der Waals surface area contributed by atoms with Crippen LogP contribution in [0.15, 0.2) is 30.3 Å². The molecule has 0 aliphatic rings. The maximum atomic E-state index is 11.6. The summed E-state index contributed by atoms with van der Waals surface area (Å²) in [7, 11) is -1.40. The molecule has 16 heavy (non-hydrogen) atoms. The Morgan fingerprint density at radius 1 is 1.19 bits per heavy atom. The van der Waals surface area contributed by atoms with Crippen molar-refractivity contribution in [3.8, 4) is 0 Å².